The fourth-order valence-electron chi connectivity index (χ4n) is 2.03. The third-order valence-corrected chi connectivity index (χ3v) is 151. The first-order chi connectivity index (χ1) is 24.3. The molecule has 1 N–H and O–H groups in total. The second-order valence-electron chi connectivity index (χ2n) is 11.9. The van der Waals surface area contributed by atoms with Gasteiger partial charge in [0.25, 0.3) is 0 Å². The normalized spacial score (nSPS) is 9.56. The zero-order chi connectivity index (χ0) is 44.6. The van der Waals surface area contributed by atoms with Gasteiger partial charge in [-0.05, 0) is 19.6 Å². The Morgan fingerprint density at radius 3 is 0.741 bits per heavy atom. The molecule has 0 heterocycles. The molecular formula is C11H36O21Si22. The minimum atomic E-state index is -4.10. The van der Waals surface area contributed by atoms with Crippen molar-refractivity contribution in [1.29, 1.82) is 0 Å². The molecule has 43 heteroatoms. The number of hydrogen-bond donors (Lipinski definition) is 1. The molecule has 21 nitrogen and oxygen atoms in total. The lowest BCUT2D eigenvalue weighted by Crippen LogP contribution is -2.64. The van der Waals surface area contributed by atoms with E-state index >= 15 is 0 Å². The molecule has 0 unspecified atom stereocenters. The highest BCUT2D eigenvalue weighted by atomic mass is 30.1. The van der Waals surface area contributed by atoms with Crippen molar-refractivity contribution in [2.45, 2.75) is 72.6 Å². The van der Waals surface area contributed by atoms with Crippen LogP contribution in [0.4, 0.5) is 0 Å². The van der Waals surface area contributed by atoms with Crippen LogP contribution in [0, 0.1) is 0 Å². The van der Waals surface area contributed by atoms with Gasteiger partial charge in [0.05, 0.1) is 0 Å². The van der Waals surface area contributed by atoms with Crippen molar-refractivity contribution in [1.82, 2.24) is 0 Å². The van der Waals surface area contributed by atoms with Crippen molar-refractivity contribution in [3.05, 3.63) is 0 Å². The molecule has 0 spiro atoms. The van der Waals surface area contributed by atoms with Crippen LogP contribution in [0.25, 0.3) is 0 Å². The Bertz CT molecular complexity index is 1600. The van der Waals surface area contributed by atoms with E-state index < -0.39 is 166 Å². The fourth-order valence-corrected chi connectivity index (χ4v) is 214. The smallest absolute Gasteiger partial charge is 0.433 e. The Hall–Kier alpha value is 0.731. The molecule has 0 fully saturated rings. The standard InChI is InChI=1S/C3H10OSi.C3H10Si.C3H8.C2H8O18Si19.O2Si/c1-5(2,3)4;1-4(2)3;1-3-2;1-39(2,37(19)35(17)33(15)31(13)29(11)27(9)25(7)23(5)21-3)38(20)36(18)34(16)32(14)30(12)28(10)26(8)24(6)22-4;1-3-2/h4H,1-3H3;4H,1-3H3;3H2,1-2H3;21-22H,1-2H3;. The summed E-state index contributed by atoms with van der Waals surface area (Å²) in [7, 11) is -73.6. The van der Waals surface area contributed by atoms with Crippen molar-refractivity contribution >= 4 is 175 Å². The van der Waals surface area contributed by atoms with Gasteiger partial charge in [-0.2, -0.15) is 0 Å². The lowest BCUT2D eigenvalue weighted by atomic mass is 10.6. The molecule has 0 aliphatic heterocycles. The lowest BCUT2D eigenvalue weighted by molar-refractivity contribution is 0.497. The van der Waals surface area contributed by atoms with E-state index in [2.05, 4.69) is 33.5 Å². The van der Waals surface area contributed by atoms with Gasteiger partial charge in [-0.1, -0.05) is 53.0 Å². The summed E-state index contributed by atoms with van der Waals surface area (Å²) < 4.78 is 233. The van der Waals surface area contributed by atoms with Gasteiger partial charge in [-0.3, -0.25) is 8.92 Å². The first-order valence-electron chi connectivity index (χ1n) is 14.6. The summed E-state index contributed by atoms with van der Waals surface area (Å²) >= 11 is 0. The van der Waals surface area contributed by atoms with E-state index in [4.69, 9.17) is 13.7 Å². The number of hydrogen-bond acceptors (Lipinski definition) is 21. The van der Waals surface area contributed by atoms with Crippen molar-refractivity contribution in [2.24, 2.45) is 0 Å². The summed E-state index contributed by atoms with van der Waals surface area (Å²) in [4.78, 5) is 8.66. The monoisotopic (exact) mass is 1120 g/mol. The van der Waals surface area contributed by atoms with E-state index in [1.807, 2.05) is 19.6 Å². The van der Waals surface area contributed by atoms with Gasteiger partial charge in [0.2, 0.25) is 0 Å². The summed E-state index contributed by atoms with van der Waals surface area (Å²) in [6.07, 6.45) is 1.25. The minimum absolute atomic E-state index is 0.139. The zero-order valence-electron chi connectivity index (χ0n) is 30.6. The van der Waals surface area contributed by atoms with Crippen LogP contribution in [-0.2, 0) is 89.2 Å². The largest absolute Gasteiger partial charge is 0.549 e. The molecule has 54 heavy (non-hydrogen) atoms. The van der Waals surface area contributed by atoms with Crippen molar-refractivity contribution < 1.29 is 94.0 Å². The van der Waals surface area contributed by atoms with Crippen LogP contribution in [0.15, 0.2) is 0 Å². The number of rotatable bonds is 18. The molecule has 0 radical (unpaired) electrons. The first kappa shape index (κ1) is 63.9. The molecule has 0 aromatic rings. The molecule has 0 aliphatic carbocycles. The Morgan fingerprint density at radius 2 is 0.593 bits per heavy atom. The Morgan fingerprint density at radius 1 is 0.463 bits per heavy atom. The van der Waals surface area contributed by atoms with Crippen molar-refractivity contribution in [3.63, 3.8) is 0 Å². The second-order valence-corrected chi connectivity index (χ2v) is 113. The van der Waals surface area contributed by atoms with E-state index in [-0.39, 0.29) is 8.80 Å². The molecule has 0 atom stereocenters. The molecule has 0 aliphatic rings. The van der Waals surface area contributed by atoms with E-state index in [0.717, 1.165) is 13.1 Å². The molecular weight excluding hydrogens is 1090 g/mol. The quantitative estimate of drug-likeness (QED) is 0.125. The SMILES string of the molecule is CCC.C[SiH](C)C.C[Si](C)(C)O.C[Si](C)([Si](=O)[Si](=O)[Si](=O)[Si](=O)[Si](=O)[Si](=O)[Si](=O)[Si](=O)[SiH]=O)[Si](=O)[Si](=O)[Si](=O)[Si](=O)[Si](=O)[Si](=O)[Si](=O)[Si](=O)[SiH]=O.O=[Si]=O. The molecule has 0 aromatic heterocycles. The van der Waals surface area contributed by atoms with Crippen LogP contribution < -0.4 is 0 Å². The summed E-state index contributed by atoms with van der Waals surface area (Å²) in [5, 5.41) is 0. The van der Waals surface area contributed by atoms with Gasteiger partial charge in [-0.25, -0.2) is 0 Å². The van der Waals surface area contributed by atoms with E-state index in [9.17, 15) is 80.3 Å². The average molecular weight is 1120 g/mol. The zero-order valence-corrected chi connectivity index (χ0v) is 53.0. The highest BCUT2D eigenvalue weighted by Gasteiger charge is 2.58. The molecule has 294 valence electrons. The van der Waals surface area contributed by atoms with Gasteiger partial charge in [-0.15, -0.1) is 0 Å². The van der Waals surface area contributed by atoms with Crippen LogP contribution in [0.2, 0.25) is 52.4 Å². The Balaban J connectivity index is -0.000000450. The lowest BCUT2D eigenvalue weighted by Gasteiger charge is -2.12. The summed E-state index contributed by atoms with van der Waals surface area (Å²) in [5.74, 6) is 0. The summed E-state index contributed by atoms with van der Waals surface area (Å²) in [5.41, 5.74) is 0. The second kappa shape index (κ2) is 32.6. The molecule has 0 saturated heterocycles. The van der Waals surface area contributed by atoms with E-state index in [1.165, 1.54) is 6.42 Å². The maximum atomic E-state index is 12.9. The highest BCUT2D eigenvalue weighted by Crippen LogP contribution is 2.05. The van der Waals surface area contributed by atoms with E-state index in [1.54, 1.807) is 0 Å². The van der Waals surface area contributed by atoms with Crippen LogP contribution in [-0.4, -0.2) is 180 Å². The third kappa shape index (κ3) is 26.7. The first-order valence-corrected chi connectivity index (χ1v) is 68.4. The van der Waals surface area contributed by atoms with Gasteiger partial charge in [0.15, 0.2) is 15.4 Å². The maximum absolute atomic E-state index is 12.9. The maximum Gasteiger partial charge on any atom is 0.549 e. The van der Waals surface area contributed by atoms with Crippen LogP contribution in [0.5, 0.6) is 0 Å². The predicted octanol–water partition coefficient (Wildman–Crippen LogP) is -6.03. The van der Waals surface area contributed by atoms with Crippen LogP contribution in [0.3, 0.4) is 0 Å². The highest BCUT2D eigenvalue weighted by molar-refractivity contribution is 7.86. The Kier molecular flexibility index (Phi) is 38.5. The third-order valence-electron chi connectivity index (χ3n) is 4.27. The average Bonchev–Trinajstić information content (AvgIpc) is 3.09. The van der Waals surface area contributed by atoms with E-state index in [0.29, 0.717) is 0 Å². The Labute approximate surface area is 338 Å². The van der Waals surface area contributed by atoms with Gasteiger partial charge < -0.3 is 85.1 Å². The molecule has 0 amide bonds. The fraction of sp³-hybridized carbons (Fsp3) is 1.00. The minimum Gasteiger partial charge on any atom is -0.433 e. The van der Waals surface area contributed by atoms with Crippen LogP contribution >= 0.6 is 0 Å². The molecule has 0 saturated carbocycles. The summed E-state index contributed by atoms with van der Waals surface area (Å²) in [6.45, 7) is 18.7. The molecule has 0 rings (SSSR count). The summed E-state index contributed by atoms with van der Waals surface area (Å²) in [6, 6.07) is 0. The van der Waals surface area contributed by atoms with Crippen molar-refractivity contribution in [3.8, 4) is 0 Å². The van der Waals surface area contributed by atoms with Gasteiger partial charge in [0.1, 0.15) is 0 Å². The van der Waals surface area contributed by atoms with Gasteiger partial charge in [0, 0.05) is 8.80 Å². The predicted molar refractivity (Wildman–Crippen MR) is 210 cm³/mol. The van der Waals surface area contributed by atoms with Gasteiger partial charge >= 0.3 is 151 Å². The molecule has 0 bridgehead atoms. The van der Waals surface area contributed by atoms with Crippen molar-refractivity contribution in [2.75, 3.05) is 0 Å². The topological polar surface area (TPSA) is 362 Å². The van der Waals surface area contributed by atoms with Crippen LogP contribution in [0.1, 0.15) is 20.3 Å². The molecule has 0 aromatic carbocycles.